The molecule has 0 bridgehead atoms. The van der Waals surface area contributed by atoms with E-state index in [1.165, 1.54) is 0 Å². The maximum Gasteiger partial charge on any atom is 0.257 e. The van der Waals surface area contributed by atoms with E-state index in [1.54, 1.807) is 0 Å². The predicted molar refractivity (Wildman–Crippen MR) is 93.7 cm³/mol. The first-order valence-corrected chi connectivity index (χ1v) is 8.02. The Morgan fingerprint density at radius 3 is 2.61 bits per heavy atom. The van der Waals surface area contributed by atoms with Crippen LogP contribution in [0.25, 0.3) is 0 Å². The monoisotopic (exact) mass is 342 g/mol. The van der Waals surface area contributed by atoms with Crippen LogP contribution in [0.1, 0.15) is 30.1 Å². The highest BCUT2D eigenvalue weighted by Crippen LogP contribution is 2.22. The van der Waals surface area contributed by atoms with Crippen molar-refractivity contribution in [2.24, 2.45) is 0 Å². The number of para-hydroxylation sites is 1. The summed E-state index contributed by atoms with van der Waals surface area (Å²) in [7, 11) is 1.98. The number of benzene rings is 1. The number of likely N-dealkylation sites (tertiary alicyclic amines) is 1. The topological polar surface area (TPSA) is 50.8 Å². The third kappa shape index (κ3) is 5.68. The van der Waals surface area contributed by atoms with Crippen LogP contribution in [0, 0.1) is 0 Å². The third-order valence-corrected chi connectivity index (χ3v) is 4.00. The van der Waals surface area contributed by atoms with Crippen molar-refractivity contribution in [1.82, 2.24) is 10.2 Å². The Morgan fingerprint density at radius 2 is 1.96 bits per heavy atom. The lowest BCUT2D eigenvalue weighted by Crippen LogP contribution is -2.44. The van der Waals surface area contributed by atoms with E-state index in [0.717, 1.165) is 25.9 Å². The zero-order chi connectivity index (χ0) is 15.8. The lowest BCUT2D eigenvalue weighted by atomic mass is 10.0. The number of piperidine rings is 1. The van der Waals surface area contributed by atoms with Gasteiger partial charge < -0.3 is 19.7 Å². The van der Waals surface area contributed by atoms with Crippen molar-refractivity contribution in [2.45, 2.75) is 25.8 Å². The Labute approximate surface area is 144 Å². The molecule has 0 atom stereocenters. The van der Waals surface area contributed by atoms with E-state index in [9.17, 15) is 4.79 Å². The number of hydrogen-bond donors (Lipinski definition) is 1. The van der Waals surface area contributed by atoms with Crippen molar-refractivity contribution in [3.63, 3.8) is 0 Å². The number of carbonyl (C=O) groups excluding carboxylic acids is 1. The summed E-state index contributed by atoms with van der Waals surface area (Å²) >= 11 is 0. The Hall–Kier alpha value is -1.30. The van der Waals surface area contributed by atoms with Crippen LogP contribution in [0.3, 0.4) is 0 Å². The number of rotatable bonds is 7. The number of ether oxygens (including phenoxy) is 2. The minimum Gasteiger partial charge on any atom is -0.490 e. The second kappa shape index (κ2) is 10.5. The first-order chi connectivity index (χ1) is 10.8. The lowest BCUT2D eigenvalue weighted by molar-refractivity contribution is 0.0698. The SMILES string of the molecule is CCOCCOc1ccccc1C(=O)N1CCC(NC)CC1.Cl. The molecule has 0 unspecified atom stereocenters. The molecule has 5 nitrogen and oxygen atoms in total. The Balaban J connectivity index is 0.00000264. The molecule has 1 aromatic carbocycles. The highest BCUT2D eigenvalue weighted by atomic mass is 35.5. The molecule has 1 saturated heterocycles. The quantitative estimate of drug-likeness (QED) is 0.773. The second-order valence-corrected chi connectivity index (χ2v) is 5.40. The van der Waals surface area contributed by atoms with E-state index >= 15 is 0 Å². The molecule has 0 aromatic heterocycles. The van der Waals surface area contributed by atoms with Crippen molar-refractivity contribution >= 4 is 18.3 Å². The molecule has 23 heavy (non-hydrogen) atoms. The van der Waals surface area contributed by atoms with Gasteiger partial charge in [-0.3, -0.25) is 4.79 Å². The third-order valence-electron chi connectivity index (χ3n) is 4.00. The highest BCUT2D eigenvalue weighted by molar-refractivity contribution is 5.97. The number of halogens is 1. The molecule has 1 aromatic rings. The van der Waals surface area contributed by atoms with E-state index < -0.39 is 0 Å². The molecule has 6 heteroatoms. The first-order valence-electron chi connectivity index (χ1n) is 8.02. The van der Waals surface area contributed by atoms with Gasteiger partial charge in [0.15, 0.2) is 0 Å². The van der Waals surface area contributed by atoms with Crippen LogP contribution in [0.15, 0.2) is 24.3 Å². The van der Waals surface area contributed by atoms with Crippen LogP contribution in [0.2, 0.25) is 0 Å². The van der Waals surface area contributed by atoms with Gasteiger partial charge in [0, 0.05) is 25.7 Å². The van der Waals surface area contributed by atoms with Crippen molar-refractivity contribution in [1.29, 1.82) is 0 Å². The smallest absolute Gasteiger partial charge is 0.257 e. The molecule has 1 N–H and O–H groups in total. The van der Waals surface area contributed by atoms with Gasteiger partial charge in [-0.2, -0.15) is 0 Å². The summed E-state index contributed by atoms with van der Waals surface area (Å²) in [5, 5.41) is 3.28. The Kier molecular flexibility index (Phi) is 8.99. The summed E-state index contributed by atoms with van der Waals surface area (Å²) < 4.78 is 11.0. The van der Waals surface area contributed by atoms with Gasteiger partial charge in [-0.15, -0.1) is 12.4 Å². The summed E-state index contributed by atoms with van der Waals surface area (Å²) in [6.45, 7) is 5.19. The number of hydrogen-bond acceptors (Lipinski definition) is 4. The minimum absolute atomic E-state index is 0. The van der Waals surface area contributed by atoms with Crippen molar-refractivity contribution < 1.29 is 14.3 Å². The highest BCUT2D eigenvalue weighted by Gasteiger charge is 2.24. The first kappa shape index (κ1) is 19.7. The lowest BCUT2D eigenvalue weighted by Gasteiger charge is -2.32. The second-order valence-electron chi connectivity index (χ2n) is 5.40. The number of amides is 1. The summed E-state index contributed by atoms with van der Waals surface area (Å²) in [5.41, 5.74) is 0.641. The number of carbonyl (C=O) groups is 1. The fraction of sp³-hybridized carbons (Fsp3) is 0.588. The Morgan fingerprint density at radius 1 is 1.26 bits per heavy atom. The van der Waals surface area contributed by atoms with Gasteiger partial charge in [0.1, 0.15) is 12.4 Å². The molecular weight excluding hydrogens is 316 g/mol. The largest absolute Gasteiger partial charge is 0.490 e. The molecule has 1 aliphatic rings. The van der Waals surface area contributed by atoms with Crippen LogP contribution in [-0.4, -0.2) is 56.8 Å². The van der Waals surface area contributed by atoms with Crippen LogP contribution in [-0.2, 0) is 4.74 Å². The molecule has 0 aliphatic carbocycles. The van der Waals surface area contributed by atoms with E-state index in [4.69, 9.17) is 9.47 Å². The zero-order valence-electron chi connectivity index (χ0n) is 13.9. The molecule has 130 valence electrons. The van der Waals surface area contributed by atoms with Gasteiger partial charge in [0.25, 0.3) is 5.91 Å². The summed E-state index contributed by atoms with van der Waals surface area (Å²) in [4.78, 5) is 14.6. The van der Waals surface area contributed by atoms with Gasteiger partial charge >= 0.3 is 0 Å². The summed E-state index contributed by atoms with van der Waals surface area (Å²) in [5.74, 6) is 0.699. The molecule has 2 rings (SSSR count). The van der Waals surface area contributed by atoms with E-state index in [-0.39, 0.29) is 18.3 Å². The molecule has 0 saturated carbocycles. The van der Waals surface area contributed by atoms with Crippen molar-refractivity contribution in [3.8, 4) is 5.75 Å². The van der Waals surface area contributed by atoms with Gasteiger partial charge in [-0.25, -0.2) is 0 Å². The van der Waals surface area contributed by atoms with Crippen LogP contribution < -0.4 is 10.1 Å². The average Bonchev–Trinajstić information content (AvgIpc) is 2.58. The van der Waals surface area contributed by atoms with Crippen LogP contribution in [0.5, 0.6) is 5.75 Å². The van der Waals surface area contributed by atoms with E-state index in [0.29, 0.717) is 37.2 Å². The maximum atomic E-state index is 12.7. The van der Waals surface area contributed by atoms with Gasteiger partial charge in [0.2, 0.25) is 0 Å². The average molecular weight is 343 g/mol. The minimum atomic E-state index is 0. The van der Waals surface area contributed by atoms with Crippen molar-refractivity contribution in [3.05, 3.63) is 29.8 Å². The number of nitrogens with one attached hydrogen (secondary N) is 1. The zero-order valence-corrected chi connectivity index (χ0v) is 14.7. The summed E-state index contributed by atoms with van der Waals surface area (Å²) in [6.07, 6.45) is 1.99. The molecular formula is C17H27ClN2O3. The standard InChI is InChI=1S/C17H26N2O3.ClH/c1-3-21-12-13-22-16-7-5-4-6-15(16)17(20)19-10-8-14(18-2)9-11-19;/h4-7,14,18H,3,8-13H2,1-2H3;1H. The normalized spacial score (nSPS) is 15.1. The molecule has 1 amide bonds. The maximum absolute atomic E-state index is 12.7. The van der Waals surface area contributed by atoms with E-state index in [2.05, 4.69) is 5.32 Å². The Bertz CT molecular complexity index is 477. The summed E-state index contributed by atoms with van der Waals surface area (Å²) in [6, 6.07) is 7.96. The van der Waals surface area contributed by atoms with Crippen LogP contribution in [0.4, 0.5) is 0 Å². The fourth-order valence-corrected chi connectivity index (χ4v) is 2.67. The number of nitrogens with zero attached hydrogens (tertiary/aromatic N) is 1. The molecule has 0 spiro atoms. The molecule has 1 fully saturated rings. The van der Waals surface area contributed by atoms with Crippen molar-refractivity contribution in [2.75, 3.05) is 40.0 Å². The fourth-order valence-electron chi connectivity index (χ4n) is 2.67. The predicted octanol–water partition coefficient (Wildman–Crippen LogP) is 2.35. The van der Waals surface area contributed by atoms with E-state index in [1.807, 2.05) is 43.1 Å². The molecule has 0 radical (unpaired) electrons. The van der Waals surface area contributed by atoms with Crippen LogP contribution >= 0.6 is 12.4 Å². The molecule has 1 heterocycles. The van der Waals surface area contributed by atoms with Gasteiger partial charge in [-0.05, 0) is 38.9 Å². The van der Waals surface area contributed by atoms with Gasteiger partial charge in [0.05, 0.1) is 12.2 Å². The molecule has 1 aliphatic heterocycles. The van der Waals surface area contributed by atoms with Gasteiger partial charge in [-0.1, -0.05) is 12.1 Å².